The van der Waals surface area contributed by atoms with E-state index in [4.69, 9.17) is 4.74 Å². The van der Waals surface area contributed by atoms with Crippen LogP contribution < -0.4 is 0 Å². The number of benzene rings is 1. The normalized spacial score (nSPS) is 26.1. The second-order valence-electron chi connectivity index (χ2n) is 4.50. The van der Waals surface area contributed by atoms with Gasteiger partial charge in [-0.1, -0.05) is 22.0 Å². The summed E-state index contributed by atoms with van der Waals surface area (Å²) >= 11 is 3.63. The van der Waals surface area contributed by atoms with Gasteiger partial charge in [0.1, 0.15) is 0 Å². The topological polar surface area (TPSA) is 9.23 Å². The van der Waals surface area contributed by atoms with Crippen LogP contribution in [-0.4, -0.2) is 17.5 Å². The molecule has 4 heteroatoms. The molecule has 1 aliphatic heterocycles. The first-order valence-electron chi connectivity index (χ1n) is 5.77. The van der Waals surface area contributed by atoms with E-state index in [0.29, 0.717) is 12.3 Å². The van der Waals surface area contributed by atoms with Gasteiger partial charge in [0.2, 0.25) is 0 Å². The molecule has 1 aliphatic rings. The van der Waals surface area contributed by atoms with Gasteiger partial charge >= 0.3 is 0 Å². The van der Waals surface area contributed by atoms with Gasteiger partial charge in [0.05, 0.1) is 6.10 Å². The molecular weight excluding hydrogens is 290 g/mol. The Morgan fingerprint density at radius 2 is 2.18 bits per heavy atom. The maximum Gasteiger partial charge on any atom is 0.159 e. The Hall–Kier alpha value is -0.480. The average molecular weight is 305 g/mol. The zero-order valence-corrected chi connectivity index (χ0v) is 11.2. The number of ether oxygens (including phenoxy) is 1. The summed E-state index contributed by atoms with van der Waals surface area (Å²) in [6.07, 6.45) is 1.93. The summed E-state index contributed by atoms with van der Waals surface area (Å²) in [5, 5.41) is 0. The fourth-order valence-corrected chi connectivity index (χ4v) is 3.33. The van der Waals surface area contributed by atoms with Gasteiger partial charge in [-0.05, 0) is 43.4 Å². The highest BCUT2D eigenvalue weighted by Crippen LogP contribution is 2.30. The third kappa shape index (κ3) is 3.05. The highest BCUT2D eigenvalue weighted by Gasteiger charge is 2.30. The van der Waals surface area contributed by atoms with Crippen molar-refractivity contribution in [3.63, 3.8) is 0 Å². The predicted molar refractivity (Wildman–Crippen MR) is 66.3 cm³/mol. The second kappa shape index (κ2) is 5.44. The largest absolute Gasteiger partial charge is 0.378 e. The molecule has 0 spiro atoms. The lowest BCUT2D eigenvalue weighted by Gasteiger charge is -2.20. The van der Waals surface area contributed by atoms with Gasteiger partial charge in [-0.15, -0.1) is 0 Å². The first-order valence-corrected chi connectivity index (χ1v) is 6.69. The highest BCUT2D eigenvalue weighted by atomic mass is 79.9. The molecule has 1 heterocycles. The zero-order chi connectivity index (χ0) is 12.4. The Morgan fingerprint density at radius 1 is 1.41 bits per heavy atom. The first kappa shape index (κ1) is 13.0. The van der Waals surface area contributed by atoms with E-state index in [1.54, 1.807) is 6.07 Å². The van der Waals surface area contributed by atoms with Gasteiger partial charge in [0.25, 0.3) is 0 Å². The van der Waals surface area contributed by atoms with Gasteiger partial charge in [-0.3, -0.25) is 0 Å². The van der Waals surface area contributed by atoms with Crippen LogP contribution in [0.4, 0.5) is 8.78 Å². The van der Waals surface area contributed by atoms with Crippen LogP contribution >= 0.6 is 15.9 Å². The van der Waals surface area contributed by atoms with E-state index < -0.39 is 11.6 Å². The first-order chi connectivity index (χ1) is 8.08. The van der Waals surface area contributed by atoms with Crippen molar-refractivity contribution in [2.75, 3.05) is 6.61 Å². The molecule has 0 aliphatic carbocycles. The lowest BCUT2D eigenvalue weighted by molar-refractivity contribution is 0.105. The molecule has 1 aromatic carbocycles. The van der Waals surface area contributed by atoms with Crippen molar-refractivity contribution in [2.45, 2.75) is 30.7 Å². The molecule has 1 aromatic rings. The fraction of sp³-hybridized carbons (Fsp3) is 0.538. The molecule has 1 saturated heterocycles. The monoisotopic (exact) mass is 304 g/mol. The van der Waals surface area contributed by atoms with Crippen molar-refractivity contribution in [1.29, 1.82) is 0 Å². The van der Waals surface area contributed by atoms with E-state index >= 15 is 0 Å². The minimum absolute atomic E-state index is 0.227. The van der Waals surface area contributed by atoms with Gasteiger partial charge in [0, 0.05) is 11.4 Å². The van der Waals surface area contributed by atoms with Crippen LogP contribution in [0.3, 0.4) is 0 Å². The lowest BCUT2D eigenvalue weighted by Crippen LogP contribution is -2.23. The summed E-state index contributed by atoms with van der Waals surface area (Å²) in [5.74, 6) is -1.14. The van der Waals surface area contributed by atoms with Crippen LogP contribution in [-0.2, 0) is 11.2 Å². The molecule has 0 aromatic heterocycles. The fourth-order valence-electron chi connectivity index (χ4n) is 2.27. The molecule has 2 rings (SSSR count). The molecule has 1 nitrogen and oxygen atoms in total. The second-order valence-corrected chi connectivity index (χ2v) is 5.67. The van der Waals surface area contributed by atoms with Crippen LogP contribution in [0.1, 0.15) is 18.9 Å². The standard InChI is InChI=1S/C13H15BrF2O/c1-8-10(4-5-17-8)11(14)6-9-2-3-12(15)13(16)7-9/h2-3,7-8,10-11H,4-6H2,1H3. The molecule has 0 bridgehead atoms. The predicted octanol–water partition coefficient (Wildman–Crippen LogP) is 3.70. The molecule has 17 heavy (non-hydrogen) atoms. The third-order valence-electron chi connectivity index (χ3n) is 3.31. The summed E-state index contributed by atoms with van der Waals surface area (Å²) in [6.45, 7) is 2.84. The van der Waals surface area contributed by atoms with E-state index in [1.165, 1.54) is 12.1 Å². The summed E-state index contributed by atoms with van der Waals surface area (Å²) in [4.78, 5) is 0.241. The Balaban J connectivity index is 2.02. The van der Waals surface area contributed by atoms with Crippen molar-refractivity contribution in [1.82, 2.24) is 0 Å². The molecule has 94 valence electrons. The van der Waals surface area contributed by atoms with E-state index in [2.05, 4.69) is 22.9 Å². The summed E-state index contributed by atoms with van der Waals surface area (Å²) < 4.78 is 31.4. The Morgan fingerprint density at radius 3 is 2.76 bits per heavy atom. The van der Waals surface area contributed by atoms with Gasteiger partial charge < -0.3 is 4.74 Å². The van der Waals surface area contributed by atoms with Crippen LogP contribution in [0.5, 0.6) is 0 Å². The number of alkyl halides is 1. The molecule has 0 saturated carbocycles. The van der Waals surface area contributed by atoms with Crippen LogP contribution in [0.15, 0.2) is 18.2 Å². The molecule has 3 unspecified atom stereocenters. The Kier molecular flexibility index (Phi) is 4.15. The number of halogens is 3. The van der Waals surface area contributed by atoms with Crippen molar-refractivity contribution in [3.05, 3.63) is 35.4 Å². The SMILES string of the molecule is CC1OCCC1C(Br)Cc1ccc(F)c(F)c1. The highest BCUT2D eigenvalue weighted by molar-refractivity contribution is 9.09. The van der Waals surface area contributed by atoms with E-state index in [1.807, 2.05) is 0 Å². The number of hydrogen-bond donors (Lipinski definition) is 0. The molecule has 3 atom stereocenters. The summed E-state index contributed by atoms with van der Waals surface area (Å²) in [7, 11) is 0. The third-order valence-corrected chi connectivity index (χ3v) is 4.32. The molecule has 0 radical (unpaired) electrons. The molecule has 0 amide bonds. The maximum absolute atomic E-state index is 13.1. The van der Waals surface area contributed by atoms with Crippen molar-refractivity contribution in [2.24, 2.45) is 5.92 Å². The number of hydrogen-bond acceptors (Lipinski definition) is 1. The van der Waals surface area contributed by atoms with Crippen molar-refractivity contribution in [3.8, 4) is 0 Å². The van der Waals surface area contributed by atoms with Gasteiger partial charge in [-0.2, -0.15) is 0 Å². The molecule has 0 N–H and O–H groups in total. The molecule has 1 fully saturated rings. The smallest absolute Gasteiger partial charge is 0.159 e. The van der Waals surface area contributed by atoms with Gasteiger partial charge in [0.15, 0.2) is 11.6 Å². The van der Waals surface area contributed by atoms with Crippen LogP contribution in [0.2, 0.25) is 0 Å². The van der Waals surface area contributed by atoms with Gasteiger partial charge in [-0.25, -0.2) is 8.78 Å². The summed E-state index contributed by atoms with van der Waals surface area (Å²) in [5.41, 5.74) is 0.810. The van der Waals surface area contributed by atoms with E-state index in [9.17, 15) is 8.78 Å². The van der Waals surface area contributed by atoms with E-state index in [0.717, 1.165) is 18.6 Å². The lowest BCUT2D eigenvalue weighted by atomic mass is 9.94. The quantitative estimate of drug-likeness (QED) is 0.774. The average Bonchev–Trinajstić information content (AvgIpc) is 2.70. The summed E-state index contributed by atoms with van der Waals surface area (Å²) in [6, 6.07) is 4.08. The Labute approximate surface area is 108 Å². The van der Waals surface area contributed by atoms with Crippen LogP contribution in [0.25, 0.3) is 0 Å². The van der Waals surface area contributed by atoms with Crippen LogP contribution in [0, 0.1) is 17.6 Å². The van der Waals surface area contributed by atoms with Crippen molar-refractivity contribution < 1.29 is 13.5 Å². The maximum atomic E-state index is 13.1. The molecular formula is C13H15BrF2O. The van der Waals surface area contributed by atoms with Crippen molar-refractivity contribution >= 4 is 15.9 Å². The number of rotatable bonds is 3. The van der Waals surface area contributed by atoms with E-state index in [-0.39, 0.29) is 10.9 Å². The minimum atomic E-state index is -0.794. The Bertz CT molecular complexity index is 397. The zero-order valence-electron chi connectivity index (χ0n) is 9.63. The minimum Gasteiger partial charge on any atom is -0.378 e.